The van der Waals surface area contributed by atoms with E-state index >= 15 is 0 Å². The van der Waals surface area contributed by atoms with E-state index in [4.69, 9.17) is 9.88 Å². The number of primary sulfonamides is 1. The van der Waals surface area contributed by atoms with Crippen molar-refractivity contribution in [3.8, 4) is 5.75 Å². The van der Waals surface area contributed by atoms with E-state index in [2.05, 4.69) is 0 Å². The highest BCUT2D eigenvalue weighted by molar-refractivity contribution is 7.89. The zero-order valence-electron chi connectivity index (χ0n) is 18.9. The van der Waals surface area contributed by atoms with Gasteiger partial charge in [-0.25, -0.2) is 13.6 Å². The van der Waals surface area contributed by atoms with E-state index < -0.39 is 27.7 Å². The maximum absolute atomic E-state index is 13.3. The van der Waals surface area contributed by atoms with Crippen LogP contribution in [0.15, 0.2) is 95.1 Å². The smallest absolute Gasteiger partial charge is 0.294 e. The molecule has 35 heavy (non-hydrogen) atoms. The second kappa shape index (κ2) is 9.73. The number of carbonyl (C=O) groups is 2. The average Bonchev–Trinajstić information content (AvgIpc) is 3.13. The Kier molecular flexibility index (Phi) is 6.72. The van der Waals surface area contributed by atoms with Crippen LogP contribution in [-0.4, -0.2) is 32.3 Å². The van der Waals surface area contributed by atoms with Gasteiger partial charge in [-0.15, -0.1) is 0 Å². The van der Waals surface area contributed by atoms with E-state index in [0.717, 1.165) is 5.56 Å². The van der Waals surface area contributed by atoms with Crippen LogP contribution in [0.1, 0.15) is 23.6 Å². The standard InChI is InChI=1S/C26H24N2O6S/c1-34-20-12-8-18(9-13-20)24-23(22(29)16-7-17-5-3-2-4-6-17)25(30)26(31)28(24)19-10-14-21(15-11-19)35(27,32)33/h2-6,8-15,24,30H,7,16H2,1H3,(H2,27,32,33). The first kappa shape index (κ1) is 24.2. The Hall–Kier alpha value is -3.95. The molecular formula is C26H24N2O6S. The second-order valence-corrected chi connectivity index (χ2v) is 9.62. The minimum Gasteiger partial charge on any atom is -0.503 e. The first-order valence-electron chi connectivity index (χ1n) is 10.8. The molecule has 0 aliphatic carbocycles. The molecule has 9 heteroatoms. The quantitative estimate of drug-likeness (QED) is 0.496. The molecule has 0 saturated heterocycles. The fraction of sp³-hybridized carbons (Fsp3) is 0.154. The number of ketones is 1. The number of aliphatic hydroxyl groups excluding tert-OH is 1. The van der Waals surface area contributed by atoms with Crippen LogP contribution in [0.2, 0.25) is 0 Å². The second-order valence-electron chi connectivity index (χ2n) is 8.06. The predicted octanol–water partition coefficient (Wildman–Crippen LogP) is 3.44. The number of methoxy groups -OCH3 is 1. The Bertz CT molecular complexity index is 1380. The number of ether oxygens (including phenoxy) is 1. The lowest BCUT2D eigenvalue weighted by Crippen LogP contribution is -2.31. The monoisotopic (exact) mass is 492 g/mol. The van der Waals surface area contributed by atoms with Gasteiger partial charge in [0.1, 0.15) is 5.75 Å². The van der Waals surface area contributed by atoms with Crippen LogP contribution < -0.4 is 14.8 Å². The van der Waals surface area contributed by atoms with Crippen LogP contribution in [0.5, 0.6) is 5.75 Å². The minimum atomic E-state index is -3.93. The largest absolute Gasteiger partial charge is 0.503 e. The molecule has 1 heterocycles. The fourth-order valence-electron chi connectivity index (χ4n) is 4.09. The zero-order valence-corrected chi connectivity index (χ0v) is 19.7. The highest BCUT2D eigenvalue weighted by Crippen LogP contribution is 2.42. The molecule has 0 radical (unpaired) electrons. The number of aryl methyl sites for hydroxylation is 1. The van der Waals surface area contributed by atoms with Crippen molar-refractivity contribution in [2.24, 2.45) is 5.14 Å². The summed E-state index contributed by atoms with van der Waals surface area (Å²) in [5.74, 6) is -1.15. The van der Waals surface area contributed by atoms with Crippen molar-refractivity contribution in [2.75, 3.05) is 12.0 Å². The summed E-state index contributed by atoms with van der Waals surface area (Å²) in [6.07, 6.45) is 0.546. The topological polar surface area (TPSA) is 127 Å². The maximum atomic E-state index is 13.3. The summed E-state index contributed by atoms with van der Waals surface area (Å²) in [4.78, 5) is 27.7. The molecule has 8 nitrogen and oxygen atoms in total. The summed E-state index contributed by atoms with van der Waals surface area (Å²) in [6, 6.07) is 20.7. The number of nitrogens with zero attached hydrogens (tertiary/aromatic N) is 1. The summed E-state index contributed by atoms with van der Waals surface area (Å²) >= 11 is 0. The number of Topliss-reactive ketones (excluding diaryl/α,β-unsaturated/α-hetero) is 1. The molecule has 0 aromatic heterocycles. The summed E-state index contributed by atoms with van der Waals surface area (Å²) in [7, 11) is -2.40. The summed E-state index contributed by atoms with van der Waals surface area (Å²) in [6.45, 7) is 0. The third kappa shape index (κ3) is 4.96. The summed E-state index contributed by atoms with van der Waals surface area (Å²) in [5, 5.41) is 16.0. The molecule has 3 aromatic rings. The molecule has 0 bridgehead atoms. The van der Waals surface area contributed by atoms with E-state index in [-0.39, 0.29) is 22.7 Å². The number of rotatable bonds is 8. The van der Waals surface area contributed by atoms with Crippen LogP contribution in [0, 0.1) is 0 Å². The number of sulfonamides is 1. The van der Waals surface area contributed by atoms with E-state index in [1.165, 1.54) is 36.3 Å². The normalized spacial score (nSPS) is 16.0. The number of carbonyl (C=O) groups excluding carboxylic acids is 2. The highest BCUT2D eigenvalue weighted by Gasteiger charge is 2.44. The van der Waals surface area contributed by atoms with Crippen molar-refractivity contribution in [3.63, 3.8) is 0 Å². The fourth-order valence-corrected chi connectivity index (χ4v) is 4.61. The molecule has 4 rings (SSSR count). The van der Waals surface area contributed by atoms with Gasteiger partial charge in [-0.1, -0.05) is 42.5 Å². The highest BCUT2D eigenvalue weighted by atomic mass is 32.2. The van der Waals surface area contributed by atoms with E-state index in [9.17, 15) is 23.1 Å². The van der Waals surface area contributed by atoms with Gasteiger partial charge in [0, 0.05) is 12.1 Å². The molecule has 1 aliphatic rings. The Balaban J connectivity index is 1.73. The van der Waals surface area contributed by atoms with E-state index in [1.54, 1.807) is 24.3 Å². The van der Waals surface area contributed by atoms with Crippen LogP contribution >= 0.6 is 0 Å². The first-order chi connectivity index (χ1) is 16.7. The Labute approximate surface area is 203 Å². The maximum Gasteiger partial charge on any atom is 0.294 e. The van der Waals surface area contributed by atoms with Crippen LogP contribution in [0.25, 0.3) is 0 Å². The molecule has 0 saturated carbocycles. The Morgan fingerprint density at radius 2 is 1.63 bits per heavy atom. The van der Waals surface area contributed by atoms with Gasteiger partial charge in [-0.05, 0) is 53.9 Å². The van der Waals surface area contributed by atoms with Crippen LogP contribution in [0.3, 0.4) is 0 Å². The van der Waals surface area contributed by atoms with Gasteiger partial charge in [0.05, 0.1) is 23.6 Å². The number of benzene rings is 3. The van der Waals surface area contributed by atoms with Crippen molar-refractivity contribution in [3.05, 3.63) is 101 Å². The number of hydrogen-bond acceptors (Lipinski definition) is 6. The first-order valence-corrected chi connectivity index (χ1v) is 12.4. The molecule has 180 valence electrons. The molecule has 1 atom stereocenters. The lowest BCUT2D eigenvalue weighted by atomic mass is 9.93. The van der Waals surface area contributed by atoms with Crippen molar-refractivity contribution >= 4 is 27.4 Å². The van der Waals surface area contributed by atoms with Gasteiger partial charge in [0.15, 0.2) is 11.5 Å². The number of nitrogens with two attached hydrogens (primary N) is 1. The average molecular weight is 493 g/mol. The van der Waals surface area contributed by atoms with Crippen molar-refractivity contribution < 1.29 is 27.9 Å². The lowest BCUT2D eigenvalue weighted by Gasteiger charge is -2.27. The third-order valence-corrected chi connectivity index (χ3v) is 6.80. The van der Waals surface area contributed by atoms with Crippen molar-refractivity contribution in [1.82, 2.24) is 0 Å². The molecule has 1 aliphatic heterocycles. The molecule has 3 N–H and O–H groups in total. The molecule has 3 aromatic carbocycles. The van der Waals surface area contributed by atoms with E-state index in [1.807, 2.05) is 30.3 Å². The van der Waals surface area contributed by atoms with Crippen molar-refractivity contribution in [1.29, 1.82) is 0 Å². The SMILES string of the molecule is COc1ccc(C2C(C(=O)CCc3ccccc3)=C(O)C(=O)N2c2ccc(S(N)(=O)=O)cc2)cc1. The summed E-state index contributed by atoms with van der Waals surface area (Å²) < 4.78 is 28.5. The van der Waals surface area contributed by atoms with Crippen LogP contribution in [0.4, 0.5) is 5.69 Å². The molecule has 1 amide bonds. The predicted molar refractivity (Wildman–Crippen MR) is 130 cm³/mol. The molecule has 0 spiro atoms. The number of hydrogen-bond donors (Lipinski definition) is 2. The summed E-state index contributed by atoms with van der Waals surface area (Å²) in [5.41, 5.74) is 1.84. The molecule has 1 unspecified atom stereocenters. The minimum absolute atomic E-state index is 0.00776. The Morgan fingerprint density at radius 1 is 1.00 bits per heavy atom. The van der Waals surface area contributed by atoms with Gasteiger partial charge in [-0.3, -0.25) is 14.5 Å². The van der Waals surface area contributed by atoms with E-state index in [0.29, 0.717) is 23.4 Å². The third-order valence-electron chi connectivity index (χ3n) is 5.87. The van der Waals surface area contributed by atoms with Gasteiger partial charge in [-0.2, -0.15) is 0 Å². The van der Waals surface area contributed by atoms with Crippen molar-refractivity contribution in [2.45, 2.75) is 23.8 Å². The van der Waals surface area contributed by atoms with Gasteiger partial charge >= 0.3 is 0 Å². The molecular weight excluding hydrogens is 468 g/mol. The Morgan fingerprint density at radius 3 is 2.20 bits per heavy atom. The molecule has 0 fully saturated rings. The number of anilines is 1. The van der Waals surface area contributed by atoms with Gasteiger partial charge in [0.25, 0.3) is 5.91 Å². The number of aliphatic hydroxyl groups is 1. The number of amides is 1. The lowest BCUT2D eigenvalue weighted by molar-refractivity contribution is -0.118. The van der Waals surface area contributed by atoms with Gasteiger partial charge < -0.3 is 9.84 Å². The van der Waals surface area contributed by atoms with Gasteiger partial charge in [0.2, 0.25) is 10.0 Å². The zero-order chi connectivity index (χ0) is 25.2. The van der Waals surface area contributed by atoms with Crippen LogP contribution in [-0.2, 0) is 26.0 Å².